The van der Waals surface area contributed by atoms with Crippen LogP contribution in [0.3, 0.4) is 0 Å². The third-order valence-electron chi connectivity index (χ3n) is 6.79. The standard InChI is InChI=1S/C25H25N7O2/c1-26-22-21-19(29-16-30-22)12-13-25(21,24(34)31-17-8-4-2-5-9-17)32(18-10-6-3-7-11-18)23(33)20-14-27-15-28-20/h3,6-7,10-11,14-17H,2,4-5,8-9,12-13H2,(H,27,28)(H,31,34). The molecule has 0 radical (unpaired) electrons. The second kappa shape index (κ2) is 9.06. The number of carbonyl (C=O) groups is 2. The number of carbonyl (C=O) groups excluding carboxylic acids is 2. The minimum Gasteiger partial charge on any atom is -0.360 e. The van der Waals surface area contributed by atoms with Gasteiger partial charge in [-0.25, -0.2) is 9.97 Å². The van der Waals surface area contributed by atoms with Gasteiger partial charge in [0.05, 0.1) is 12.5 Å². The number of aromatic nitrogens is 4. The molecule has 1 aromatic carbocycles. The molecule has 9 nitrogen and oxygen atoms in total. The molecule has 5 rings (SSSR count). The van der Waals surface area contributed by atoms with Crippen LogP contribution in [0.1, 0.15) is 60.3 Å². The predicted molar refractivity (Wildman–Crippen MR) is 125 cm³/mol. The number of hydrogen-bond donors (Lipinski definition) is 2. The first-order valence-corrected chi connectivity index (χ1v) is 11.6. The fourth-order valence-corrected chi connectivity index (χ4v) is 5.22. The Morgan fingerprint density at radius 1 is 1.15 bits per heavy atom. The molecule has 2 aliphatic carbocycles. The molecule has 2 aliphatic rings. The number of para-hydroxylation sites is 1. The lowest BCUT2D eigenvalue weighted by Crippen LogP contribution is -2.59. The first-order valence-electron chi connectivity index (χ1n) is 11.6. The van der Waals surface area contributed by atoms with Gasteiger partial charge in [0.25, 0.3) is 11.7 Å². The van der Waals surface area contributed by atoms with Crippen LogP contribution in [0.5, 0.6) is 0 Å². The zero-order chi connectivity index (χ0) is 23.5. The van der Waals surface area contributed by atoms with Crippen LogP contribution in [-0.2, 0) is 16.8 Å². The Hall–Kier alpha value is -4.06. The van der Waals surface area contributed by atoms with Gasteiger partial charge in [0, 0.05) is 23.0 Å². The molecule has 1 fully saturated rings. The number of anilines is 1. The second-order valence-electron chi connectivity index (χ2n) is 8.74. The van der Waals surface area contributed by atoms with Gasteiger partial charge in [0.15, 0.2) is 0 Å². The third-order valence-corrected chi connectivity index (χ3v) is 6.79. The summed E-state index contributed by atoms with van der Waals surface area (Å²) < 4.78 is 0. The maximum atomic E-state index is 14.3. The Bertz CT molecular complexity index is 1230. The molecule has 2 heterocycles. The molecule has 172 valence electrons. The summed E-state index contributed by atoms with van der Waals surface area (Å²) in [5.41, 5.74) is 0.377. The van der Waals surface area contributed by atoms with Crippen molar-refractivity contribution in [2.24, 2.45) is 0 Å². The molecule has 2 aromatic heterocycles. The SMILES string of the molecule is [C-]#[N+]c1ncnc2c1C(C(=O)NC1CCCCC1)(N(C(=O)c1cnc[nH]1)c1ccccc1)CC2. The monoisotopic (exact) mass is 455 g/mol. The molecule has 0 saturated heterocycles. The molecule has 1 unspecified atom stereocenters. The summed E-state index contributed by atoms with van der Waals surface area (Å²) in [5, 5.41) is 3.23. The zero-order valence-corrected chi connectivity index (χ0v) is 18.7. The van der Waals surface area contributed by atoms with E-state index < -0.39 is 11.4 Å². The van der Waals surface area contributed by atoms with Gasteiger partial charge < -0.3 is 15.1 Å². The van der Waals surface area contributed by atoms with Crippen molar-refractivity contribution < 1.29 is 9.59 Å². The van der Waals surface area contributed by atoms with Gasteiger partial charge in [0.1, 0.15) is 11.2 Å². The van der Waals surface area contributed by atoms with Gasteiger partial charge in [-0.3, -0.25) is 14.5 Å². The number of imidazole rings is 1. The topological polar surface area (TPSA) is 108 Å². The van der Waals surface area contributed by atoms with E-state index in [1.165, 1.54) is 23.8 Å². The van der Waals surface area contributed by atoms with Crippen molar-refractivity contribution in [3.05, 3.63) is 77.6 Å². The van der Waals surface area contributed by atoms with Gasteiger partial charge in [-0.1, -0.05) is 44.0 Å². The number of H-pyrrole nitrogens is 1. The van der Waals surface area contributed by atoms with E-state index in [0.29, 0.717) is 29.8 Å². The maximum Gasteiger partial charge on any atom is 0.279 e. The normalized spacial score (nSPS) is 19.7. The summed E-state index contributed by atoms with van der Waals surface area (Å²) in [5.74, 6) is -0.607. The summed E-state index contributed by atoms with van der Waals surface area (Å²) in [6.07, 6.45) is 10.1. The van der Waals surface area contributed by atoms with E-state index in [0.717, 1.165) is 32.1 Å². The largest absolute Gasteiger partial charge is 0.360 e. The van der Waals surface area contributed by atoms with Gasteiger partial charge >= 0.3 is 0 Å². The zero-order valence-electron chi connectivity index (χ0n) is 18.7. The van der Waals surface area contributed by atoms with Crippen LogP contribution in [0.25, 0.3) is 4.85 Å². The van der Waals surface area contributed by atoms with Crippen molar-refractivity contribution in [3.8, 4) is 0 Å². The second-order valence-corrected chi connectivity index (χ2v) is 8.74. The van der Waals surface area contributed by atoms with Gasteiger partial charge in [-0.05, 0) is 37.8 Å². The molecule has 34 heavy (non-hydrogen) atoms. The van der Waals surface area contributed by atoms with Crippen molar-refractivity contribution in [1.82, 2.24) is 25.3 Å². The fraction of sp³-hybridized carbons (Fsp3) is 0.360. The number of fused-ring (bicyclic) bond motifs is 1. The van der Waals surface area contributed by atoms with Crippen LogP contribution in [0.15, 0.2) is 49.2 Å². The lowest BCUT2D eigenvalue weighted by Gasteiger charge is -2.41. The van der Waals surface area contributed by atoms with Crippen LogP contribution in [-0.4, -0.2) is 37.8 Å². The predicted octanol–water partition coefficient (Wildman–Crippen LogP) is 3.69. The average molecular weight is 456 g/mol. The van der Waals surface area contributed by atoms with Crippen LogP contribution in [0.4, 0.5) is 11.5 Å². The van der Waals surface area contributed by atoms with E-state index in [9.17, 15) is 9.59 Å². The summed E-state index contributed by atoms with van der Waals surface area (Å²) >= 11 is 0. The van der Waals surface area contributed by atoms with E-state index in [2.05, 4.69) is 30.1 Å². The van der Waals surface area contributed by atoms with Crippen molar-refractivity contribution in [3.63, 3.8) is 0 Å². The number of hydrogen-bond acceptors (Lipinski definition) is 5. The Kier molecular flexibility index (Phi) is 5.80. The van der Waals surface area contributed by atoms with Crippen LogP contribution in [0.2, 0.25) is 0 Å². The molecule has 0 bridgehead atoms. The lowest BCUT2D eigenvalue weighted by atomic mass is 9.86. The minimum atomic E-state index is -1.46. The summed E-state index contributed by atoms with van der Waals surface area (Å²) in [6, 6.07) is 9.12. The van der Waals surface area contributed by atoms with Gasteiger partial charge in [0.2, 0.25) is 12.2 Å². The van der Waals surface area contributed by atoms with Crippen molar-refractivity contribution in [1.29, 1.82) is 0 Å². The molecule has 1 saturated carbocycles. The Morgan fingerprint density at radius 3 is 2.65 bits per heavy atom. The van der Waals surface area contributed by atoms with Crippen LogP contribution < -0.4 is 10.2 Å². The number of amides is 2. The number of aromatic amines is 1. The number of nitrogens with one attached hydrogen (secondary N) is 2. The number of rotatable bonds is 5. The molecule has 1 atom stereocenters. The highest BCUT2D eigenvalue weighted by Crippen LogP contribution is 2.47. The lowest BCUT2D eigenvalue weighted by molar-refractivity contribution is -0.127. The van der Waals surface area contributed by atoms with Crippen LogP contribution in [0, 0.1) is 6.57 Å². The minimum absolute atomic E-state index is 0.0306. The number of benzene rings is 1. The van der Waals surface area contributed by atoms with E-state index in [4.69, 9.17) is 6.57 Å². The molecule has 2 amide bonds. The molecular formula is C25H25N7O2. The smallest absolute Gasteiger partial charge is 0.279 e. The summed E-state index contributed by atoms with van der Waals surface area (Å²) in [7, 11) is 0. The number of aryl methyl sites for hydroxylation is 1. The van der Waals surface area contributed by atoms with E-state index in [1.54, 1.807) is 12.1 Å². The summed E-state index contributed by atoms with van der Waals surface area (Å²) in [6.45, 7) is 7.76. The average Bonchev–Trinajstić information content (AvgIpc) is 3.55. The highest BCUT2D eigenvalue weighted by molar-refractivity contribution is 6.11. The molecule has 2 N–H and O–H groups in total. The number of nitrogens with zero attached hydrogens (tertiary/aromatic N) is 5. The molecule has 0 spiro atoms. The summed E-state index contributed by atoms with van der Waals surface area (Å²) in [4.78, 5) is 48.8. The molecule has 3 aromatic rings. The Balaban J connectivity index is 1.71. The van der Waals surface area contributed by atoms with E-state index >= 15 is 0 Å². The first-order chi connectivity index (χ1) is 16.6. The van der Waals surface area contributed by atoms with Crippen LogP contribution >= 0.6 is 0 Å². The van der Waals surface area contributed by atoms with Crippen molar-refractivity contribution in [2.45, 2.75) is 56.5 Å². The van der Waals surface area contributed by atoms with Crippen molar-refractivity contribution in [2.75, 3.05) is 4.90 Å². The van der Waals surface area contributed by atoms with Crippen molar-refractivity contribution >= 4 is 23.3 Å². The fourth-order valence-electron chi connectivity index (χ4n) is 5.22. The molecule has 9 heteroatoms. The van der Waals surface area contributed by atoms with E-state index in [-0.39, 0.29) is 23.5 Å². The van der Waals surface area contributed by atoms with E-state index in [1.807, 2.05) is 18.2 Å². The molecular weight excluding hydrogens is 430 g/mol. The quantitative estimate of drug-likeness (QED) is 0.571. The molecule has 0 aliphatic heterocycles. The first kappa shape index (κ1) is 21.8. The maximum absolute atomic E-state index is 14.3. The van der Waals surface area contributed by atoms with Gasteiger partial charge in [-0.15, -0.1) is 4.98 Å². The highest BCUT2D eigenvalue weighted by Gasteiger charge is 2.55. The van der Waals surface area contributed by atoms with Gasteiger partial charge in [-0.2, -0.15) is 0 Å². The third kappa shape index (κ3) is 3.61. The highest BCUT2D eigenvalue weighted by atomic mass is 16.2. The Labute approximate surface area is 197 Å². The Morgan fingerprint density at radius 2 is 1.94 bits per heavy atom.